The summed E-state index contributed by atoms with van der Waals surface area (Å²) in [5, 5.41) is 3.58. The van der Waals surface area contributed by atoms with Crippen LogP contribution in [0.4, 0.5) is 0 Å². The third kappa shape index (κ3) is 3.12. The maximum absolute atomic E-state index is 13.4. The van der Waals surface area contributed by atoms with Gasteiger partial charge < -0.3 is 10.1 Å². The molecule has 4 aliphatic rings. The predicted octanol–water partition coefficient (Wildman–Crippen LogP) is 4.98. The predicted molar refractivity (Wildman–Crippen MR) is 116 cm³/mol. The summed E-state index contributed by atoms with van der Waals surface area (Å²) in [6, 6.07) is 6.25. The van der Waals surface area contributed by atoms with Gasteiger partial charge in [-0.1, -0.05) is 39.8 Å². The quantitative estimate of drug-likeness (QED) is 0.716. The molecule has 0 saturated carbocycles. The summed E-state index contributed by atoms with van der Waals surface area (Å²) >= 11 is 0. The van der Waals surface area contributed by atoms with Crippen LogP contribution in [-0.2, 0) is 16.0 Å². The van der Waals surface area contributed by atoms with E-state index < -0.39 is 0 Å². The van der Waals surface area contributed by atoms with Gasteiger partial charge in [0, 0.05) is 47.7 Å². The van der Waals surface area contributed by atoms with E-state index in [1.807, 2.05) is 6.07 Å². The van der Waals surface area contributed by atoms with Crippen molar-refractivity contribution in [3.63, 3.8) is 0 Å². The molecule has 158 valence electrons. The van der Waals surface area contributed by atoms with Crippen molar-refractivity contribution in [2.45, 2.75) is 78.7 Å². The van der Waals surface area contributed by atoms with E-state index in [9.17, 15) is 9.59 Å². The number of Topliss-reactive ketones (excluding diaryl/α,β-unsaturated/α-hetero) is 2. The number of fused-ring (bicyclic) bond motifs is 1. The van der Waals surface area contributed by atoms with E-state index in [2.05, 4.69) is 52.1 Å². The highest BCUT2D eigenvalue weighted by molar-refractivity contribution is 6.06. The van der Waals surface area contributed by atoms with Gasteiger partial charge in [-0.15, -0.1) is 0 Å². The van der Waals surface area contributed by atoms with Crippen molar-refractivity contribution in [2.24, 2.45) is 10.8 Å². The largest absolute Gasteiger partial charge is 0.490 e. The molecule has 0 spiro atoms. The highest BCUT2D eigenvalue weighted by atomic mass is 16.5. The molecule has 0 fully saturated rings. The van der Waals surface area contributed by atoms with Crippen LogP contribution in [0.15, 0.2) is 40.7 Å². The maximum Gasteiger partial charge on any atom is 0.162 e. The fourth-order valence-corrected chi connectivity index (χ4v) is 5.84. The van der Waals surface area contributed by atoms with Crippen LogP contribution < -0.4 is 10.1 Å². The molecule has 0 saturated heterocycles. The van der Waals surface area contributed by atoms with Gasteiger partial charge in [0.2, 0.25) is 0 Å². The fraction of sp³-hybridized carbons (Fsp3) is 0.538. The number of hydrogen-bond acceptors (Lipinski definition) is 4. The third-order valence-corrected chi connectivity index (χ3v) is 6.97. The van der Waals surface area contributed by atoms with E-state index in [1.165, 1.54) is 5.56 Å². The van der Waals surface area contributed by atoms with Crippen molar-refractivity contribution < 1.29 is 14.3 Å². The number of carbonyl (C=O) groups is 2. The van der Waals surface area contributed by atoms with Crippen LogP contribution in [0.5, 0.6) is 5.75 Å². The average molecular weight is 406 g/mol. The van der Waals surface area contributed by atoms with Crippen LogP contribution in [0.2, 0.25) is 0 Å². The SMILES string of the molecule is C[C@@H]1Cc2cc(C3C4=C(CC(C)(C)CC4=O)NC4=C3C(=O)CC(C)(C)C4)ccc2O1. The van der Waals surface area contributed by atoms with Gasteiger partial charge in [-0.05, 0) is 47.8 Å². The van der Waals surface area contributed by atoms with E-state index in [1.54, 1.807) is 0 Å². The molecule has 0 aromatic heterocycles. The number of ketones is 2. The van der Waals surface area contributed by atoms with Crippen molar-refractivity contribution in [3.05, 3.63) is 51.9 Å². The minimum absolute atomic E-state index is 0.0685. The lowest BCUT2D eigenvalue weighted by Gasteiger charge is -2.44. The Morgan fingerprint density at radius 1 is 0.900 bits per heavy atom. The molecule has 0 bridgehead atoms. The lowest BCUT2D eigenvalue weighted by Crippen LogP contribution is -2.42. The Morgan fingerprint density at radius 2 is 1.47 bits per heavy atom. The summed E-state index contributed by atoms with van der Waals surface area (Å²) in [7, 11) is 0. The van der Waals surface area contributed by atoms with Gasteiger partial charge >= 0.3 is 0 Å². The molecule has 1 aromatic rings. The second-order valence-electron chi connectivity index (χ2n) is 11.2. The average Bonchev–Trinajstić information content (AvgIpc) is 2.96. The Balaban J connectivity index is 1.68. The minimum atomic E-state index is -0.260. The van der Waals surface area contributed by atoms with Crippen molar-refractivity contribution in [3.8, 4) is 5.75 Å². The molecule has 2 heterocycles. The molecular formula is C26H31NO3. The van der Waals surface area contributed by atoms with Crippen LogP contribution in [0.1, 0.15) is 77.3 Å². The molecule has 0 radical (unpaired) electrons. The summed E-state index contributed by atoms with van der Waals surface area (Å²) in [6.45, 7) is 10.7. The molecule has 0 unspecified atom stereocenters. The number of allylic oxidation sites excluding steroid dienone is 4. The lowest BCUT2D eigenvalue weighted by atomic mass is 9.64. The standard InChI is InChI=1S/C26H31NO3/c1-14-8-16-9-15(6-7-21(16)30-14)22-23-17(10-25(2,3)12-19(23)28)27-18-11-26(4,5)13-20(29)24(18)22/h6-7,9,14,22,27H,8,10-13H2,1-5H3/t14-/m1/s1. The van der Waals surface area contributed by atoms with Crippen LogP contribution in [0, 0.1) is 10.8 Å². The molecule has 30 heavy (non-hydrogen) atoms. The zero-order chi connectivity index (χ0) is 21.4. The second kappa shape index (κ2) is 6.32. The van der Waals surface area contributed by atoms with Gasteiger partial charge in [-0.25, -0.2) is 0 Å². The van der Waals surface area contributed by atoms with Crippen molar-refractivity contribution in [1.82, 2.24) is 5.32 Å². The summed E-state index contributed by atoms with van der Waals surface area (Å²) in [4.78, 5) is 26.7. The molecule has 4 heteroatoms. The van der Waals surface area contributed by atoms with Gasteiger partial charge in [-0.3, -0.25) is 9.59 Å². The van der Waals surface area contributed by atoms with Crippen LogP contribution in [0.3, 0.4) is 0 Å². The van der Waals surface area contributed by atoms with Gasteiger partial charge in [0.25, 0.3) is 0 Å². The Hall–Kier alpha value is -2.36. The van der Waals surface area contributed by atoms with Crippen LogP contribution >= 0.6 is 0 Å². The normalized spacial score (nSPS) is 27.3. The number of nitrogens with one attached hydrogen (secondary N) is 1. The number of carbonyl (C=O) groups excluding carboxylic acids is 2. The lowest BCUT2D eigenvalue weighted by molar-refractivity contribution is -0.119. The summed E-state index contributed by atoms with van der Waals surface area (Å²) in [5.41, 5.74) is 5.76. The van der Waals surface area contributed by atoms with E-state index in [0.29, 0.717) is 12.8 Å². The summed E-state index contributed by atoms with van der Waals surface area (Å²) < 4.78 is 5.89. The first-order valence-corrected chi connectivity index (χ1v) is 11.1. The number of ether oxygens (including phenoxy) is 1. The Bertz CT molecular complexity index is 988. The first kappa shape index (κ1) is 19.6. The van der Waals surface area contributed by atoms with Gasteiger partial charge in [0.05, 0.1) is 0 Å². The smallest absolute Gasteiger partial charge is 0.162 e. The summed E-state index contributed by atoms with van der Waals surface area (Å²) in [5.74, 6) is 1.02. The number of hydrogen-bond donors (Lipinski definition) is 1. The molecule has 1 atom stereocenters. The Morgan fingerprint density at radius 3 is 2.03 bits per heavy atom. The fourth-order valence-electron chi connectivity index (χ4n) is 5.84. The zero-order valence-corrected chi connectivity index (χ0v) is 18.6. The Labute approximate surface area is 178 Å². The first-order chi connectivity index (χ1) is 14.0. The van der Waals surface area contributed by atoms with E-state index >= 15 is 0 Å². The highest BCUT2D eigenvalue weighted by Crippen LogP contribution is 2.51. The van der Waals surface area contributed by atoms with Gasteiger partial charge in [0.15, 0.2) is 11.6 Å². The topological polar surface area (TPSA) is 55.4 Å². The number of dihydropyridines is 1. The number of rotatable bonds is 1. The van der Waals surface area contributed by atoms with E-state index in [4.69, 9.17) is 4.74 Å². The van der Waals surface area contributed by atoms with Crippen LogP contribution in [-0.4, -0.2) is 17.7 Å². The molecule has 2 aliphatic carbocycles. The molecule has 0 amide bonds. The maximum atomic E-state index is 13.4. The zero-order valence-electron chi connectivity index (χ0n) is 18.6. The summed E-state index contributed by atoms with van der Waals surface area (Å²) in [6.07, 6.45) is 3.76. The monoisotopic (exact) mass is 405 g/mol. The molecule has 4 nitrogen and oxygen atoms in total. The second-order valence-corrected chi connectivity index (χ2v) is 11.2. The minimum Gasteiger partial charge on any atom is -0.490 e. The van der Waals surface area contributed by atoms with Crippen molar-refractivity contribution in [1.29, 1.82) is 0 Å². The first-order valence-electron chi connectivity index (χ1n) is 11.1. The molecule has 1 aromatic carbocycles. The molecule has 5 rings (SSSR count). The molecule has 1 N–H and O–H groups in total. The highest BCUT2D eigenvalue weighted by Gasteiger charge is 2.46. The van der Waals surface area contributed by atoms with Crippen LogP contribution in [0.25, 0.3) is 0 Å². The van der Waals surface area contributed by atoms with Gasteiger partial charge in [-0.2, -0.15) is 0 Å². The molecular weight excluding hydrogens is 374 g/mol. The van der Waals surface area contributed by atoms with Gasteiger partial charge in [0.1, 0.15) is 11.9 Å². The Kier molecular flexibility index (Phi) is 4.13. The van der Waals surface area contributed by atoms with Crippen molar-refractivity contribution in [2.75, 3.05) is 0 Å². The van der Waals surface area contributed by atoms with E-state index in [-0.39, 0.29) is 34.4 Å². The molecule has 2 aliphatic heterocycles. The number of benzene rings is 1. The third-order valence-electron chi connectivity index (χ3n) is 6.97. The van der Waals surface area contributed by atoms with E-state index in [0.717, 1.165) is 53.1 Å². The van der Waals surface area contributed by atoms with Crippen molar-refractivity contribution >= 4 is 11.6 Å².